The molecule has 0 aliphatic carbocycles. The fraction of sp³-hybridized carbons (Fsp3) is 0.625. The Morgan fingerprint density at radius 1 is 1.43 bits per heavy atom. The fourth-order valence-electron chi connectivity index (χ4n) is 2.70. The first-order valence-electron chi connectivity index (χ1n) is 7.56. The normalized spacial score (nSPS) is 17.8. The summed E-state index contributed by atoms with van der Waals surface area (Å²) in [5.74, 6) is -0.0546. The highest BCUT2D eigenvalue weighted by Gasteiger charge is 2.31. The smallest absolute Gasteiger partial charge is 0.246 e. The molecule has 1 amide bonds. The molecule has 1 aromatic heterocycles. The SMILES string of the molecule is CC1(C)CCCN1CCNC(=O)COCc1ccncc1. The summed E-state index contributed by atoms with van der Waals surface area (Å²) >= 11 is 0. The number of aromatic nitrogens is 1. The van der Waals surface area contributed by atoms with Crippen LogP contribution in [0.2, 0.25) is 0 Å². The van der Waals surface area contributed by atoms with Gasteiger partial charge in [0.05, 0.1) is 6.61 Å². The van der Waals surface area contributed by atoms with Crippen LogP contribution in [0.3, 0.4) is 0 Å². The number of carbonyl (C=O) groups excluding carboxylic acids is 1. The van der Waals surface area contributed by atoms with E-state index in [1.807, 2.05) is 12.1 Å². The van der Waals surface area contributed by atoms with Gasteiger partial charge in [-0.2, -0.15) is 0 Å². The summed E-state index contributed by atoms with van der Waals surface area (Å²) in [7, 11) is 0. The van der Waals surface area contributed by atoms with E-state index < -0.39 is 0 Å². The third-order valence-electron chi connectivity index (χ3n) is 4.03. The van der Waals surface area contributed by atoms with Gasteiger partial charge in [0, 0.05) is 31.0 Å². The molecule has 1 aromatic rings. The van der Waals surface area contributed by atoms with Crippen LogP contribution in [0.4, 0.5) is 0 Å². The second kappa shape index (κ2) is 7.52. The average molecular weight is 291 g/mol. The van der Waals surface area contributed by atoms with Crippen LogP contribution in [0.15, 0.2) is 24.5 Å². The van der Waals surface area contributed by atoms with E-state index in [-0.39, 0.29) is 18.1 Å². The van der Waals surface area contributed by atoms with E-state index in [0.717, 1.165) is 18.7 Å². The summed E-state index contributed by atoms with van der Waals surface area (Å²) in [5.41, 5.74) is 1.29. The Labute approximate surface area is 126 Å². The van der Waals surface area contributed by atoms with E-state index in [2.05, 4.69) is 29.0 Å². The van der Waals surface area contributed by atoms with Gasteiger partial charge in [-0.1, -0.05) is 0 Å². The highest BCUT2D eigenvalue weighted by atomic mass is 16.5. The van der Waals surface area contributed by atoms with Gasteiger partial charge in [0.15, 0.2) is 0 Å². The topological polar surface area (TPSA) is 54.5 Å². The van der Waals surface area contributed by atoms with E-state index in [1.165, 1.54) is 12.8 Å². The van der Waals surface area contributed by atoms with Crippen molar-refractivity contribution < 1.29 is 9.53 Å². The van der Waals surface area contributed by atoms with Crippen molar-refractivity contribution in [2.75, 3.05) is 26.2 Å². The zero-order chi connectivity index (χ0) is 15.1. The molecule has 5 nitrogen and oxygen atoms in total. The predicted molar refractivity (Wildman–Crippen MR) is 81.8 cm³/mol. The van der Waals surface area contributed by atoms with E-state index in [1.54, 1.807) is 12.4 Å². The molecular weight excluding hydrogens is 266 g/mol. The third kappa shape index (κ3) is 5.10. The molecule has 0 spiro atoms. The van der Waals surface area contributed by atoms with Gasteiger partial charge in [0.25, 0.3) is 0 Å². The number of carbonyl (C=O) groups is 1. The van der Waals surface area contributed by atoms with Crippen LogP contribution >= 0.6 is 0 Å². The van der Waals surface area contributed by atoms with Gasteiger partial charge < -0.3 is 10.1 Å². The minimum Gasteiger partial charge on any atom is -0.367 e. The van der Waals surface area contributed by atoms with E-state index in [9.17, 15) is 4.79 Å². The number of rotatable bonds is 7. The summed E-state index contributed by atoms with van der Waals surface area (Å²) in [6, 6.07) is 3.76. The van der Waals surface area contributed by atoms with Gasteiger partial charge in [0.2, 0.25) is 5.91 Å². The maximum Gasteiger partial charge on any atom is 0.246 e. The molecule has 21 heavy (non-hydrogen) atoms. The highest BCUT2D eigenvalue weighted by molar-refractivity contribution is 5.77. The molecule has 1 fully saturated rings. The molecule has 0 atom stereocenters. The lowest BCUT2D eigenvalue weighted by Gasteiger charge is -2.31. The first-order chi connectivity index (χ1) is 10.1. The lowest BCUT2D eigenvalue weighted by Crippen LogP contribution is -2.43. The molecule has 1 N–H and O–H groups in total. The maximum absolute atomic E-state index is 11.7. The number of nitrogens with one attached hydrogen (secondary N) is 1. The lowest BCUT2D eigenvalue weighted by molar-refractivity contribution is -0.126. The molecule has 0 bridgehead atoms. The van der Waals surface area contributed by atoms with Crippen molar-refractivity contribution in [1.29, 1.82) is 0 Å². The Kier molecular flexibility index (Phi) is 5.70. The van der Waals surface area contributed by atoms with E-state index >= 15 is 0 Å². The second-order valence-electron chi connectivity index (χ2n) is 6.10. The number of hydrogen-bond donors (Lipinski definition) is 1. The Bertz CT molecular complexity index is 448. The van der Waals surface area contributed by atoms with Gasteiger partial charge >= 0.3 is 0 Å². The highest BCUT2D eigenvalue weighted by Crippen LogP contribution is 2.27. The molecule has 0 saturated carbocycles. The second-order valence-corrected chi connectivity index (χ2v) is 6.10. The molecule has 1 saturated heterocycles. The quantitative estimate of drug-likeness (QED) is 0.829. The van der Waals surface area contributed by atoms with Crippen molar-refractivity contribution in [3.63, 3.8) is 0 Å². The van der Waals surface area contributed by atoms with Crippen LogP contribution in [-0.2, 0) is 16.1 Å². The minimum atomic E-state index is -0.0546. The average Bonchev–Trinajstić information content (AvgIpc) is 2.79. The zero-order valence-electron chi connectivity index (χ0n) is 13.0. The summed E-state index contributed by atoms with van der Waals surface area (Å²) in [6.07, 6.45) is 5.92. The molecule has 2 heterocycles. The first-order valence-corrected chi connectivity index (χ1v) is 7.56. The molecule has 116 valence electrons. The monoisotopic (exact) mass is 291 g/mol. The number of amides is 1. The molecule has 0 aromatic carbocycles. The van der Waals surface area contributed by atoms with Gasteiger partial charge in [0.1, 0.15) is 6.61 Å². The lowest BCUT2D eigenvalue weighted by atomic mass is 10.0. The standard InChI is InChI=1S/C16H25N3O2/c1-16(2)6-3-10-19(16)11-9-18-15(20)13-21-12-14-4-7-17-8-5-14/h4-5,7-8H,3,6,9-13H2,1-2H3,(H,18,20). The van der Waals surface area contributed by atoms with Crippen LogP contribution in [0.25, 0.3) is 0 Å². The molecule has 0 radical (unpaired) electrons. The van der Waals surface area contributed by atoms with Gasteiger partial charge in [-0.05, 0) is 50.9 Å². The maximum atomic E-state index is 11.7. The van der Waals surface area contributed by atoms with Gasteiger partial charge in [-0.15, -0.1) is 0 Å². The van der Waals surface area contributed by atoms with Gasteiger partial charge in [-0.25, -0.2) is 0 Å². The number of likely N-dealkylation sites (tertiary alicyclic amines) is 1. The van der Waals surface area contributed by atoms with Crippen molar-refractivity contribution in [3.8, 4) is 0 Å². The minimum absolute atomic E-state index is 0.0546. The molecular formula is C16H25N3O2. The summed E-state index contributed by atoms with van der Waals surface area (Å²) in [6.45, 7) is 7.78. The third-order valence-corrected chi connectivity index (χ3v) is 4.03. The number of nitrogens with zero attached hydrogens (tertiary/aromatic N) is 2. The Morgan fingerprint density at radius 3 is 2.86 bits per heavy atom. The van der Waals surface area contributed by atoms with Crippen LogP contribution in [0.5, 0.6) is 0 Å². The number of pyridine rings is 1. The molecule has 1 aliphatic heterocycles. The zero-order valence-corrected chi connectivity index (χ0v) is 13.0. The Morgan fingerprint density at radius 2 is 2.19 bits per heavy atom. The van der Waals surface area contributed by atoms with Crippen molar-refractivity contribution in [2.24, 2.45) is 0 Å². The molecule has 0 unspecified atom stereocenters. The van der Waals surface area contributed by atoms with Crippen LogP contribution in [0, 0.1) is 0 Å². The predicted octanol–water partition coefficient (Wildman–Crippen LogP) is 1.59. The first kappa shape index (κ1) is 15.9. The molecule has 5 heteroatoms. The molecule has 2 rings (SSSR count). The summed E-state index contributed by atoms with van der Waals surface area (Å²) < 4.78 is 5.39. The van der Waals surface area contributed by atoms with E-state index in [4.69, 9.17) is 4.74 Å². The summed E-state index contributed by atoms with van der Waals surface area (Å²) in [4.78, 5) is 18.1. The van der Waals surface area contributed by atoms with Crippen LogP contribution in [-0.4, -0.2) is 47.6 Å². The number of ether oxygens (including phenoxy) is 1. The fourth-order valence-corrected chi connectivity index (χ4v) is 2.70. The van der Waals surface area contributed by atoms with Crippen LogP contribution < -0.4 is 5.32 Å². The van der Waals surface area contributed by atoms with Crippen LogP contribution in [0.1, 0.15) is 32.3 Å². The Hall–Kier alpha value is -1.46. The summed E-state index contributed by atoms with van der Waals surface area (Å²) in [5, 5.41) is 2.92. The molecule has 1 aliphatic rings. The van der Waals surface area contributed by atoms with Crippen molar-refractivity contribution in [1.82, 2.24) is 15.2 Å². The largest absolute Gasteiger partial charge is 0.367 e. The Balaban J connectivity index is 1.58. The van der Waals surface area contributed by atoms with Crippen molar-refractivity contribution >= 4 is 5.91 Å². The van der Waals surface area contributed by atoms with Crippen molar-refractivity contribution in [3.05, 3.63) is 30.1 Å². The number of hydrogen-bond acceptors (Lipinski definition) is 4. The van der Waals surface area contributed by atoms with E-state index in [0.29, 0.717) is 13.2 Å². The van der Waals surface area contributed by atoms with Crippen molar-refractivity contribution in [2.45, 2.75) is 38.8 Å². The van der Waals surface area contributed by atoms with Gasteiger partial charge in [-0.3, -0.25) is 14.7 Å².